The summed E-state index contributed by atoms with van der Waals surface area (Å²) in [5.41, 5.74) is -0.127. The lowest BCUT2D eigenvalue weighted by atomic mass is 9.89. The zero-order valence-corrected chi connectivity index (χ0v) is 6.59. The van der Waals surface area contributed by atoms with Crippen molar-refractivity contribution in [1.82, 2.24) is 0 Å². The molecule has 0 spiro atoms. The highest BCUT2D eigenvalue weighted by Crippen LogP contribution is 2.20. The Morgan fingerprint density at radius 1 is 1.50 bits per heavy atom. The highest BCUT2D eigenvalue weighted by molar-refractivity contribution is 5.71. The first-order valence-corrected chi connectivity index (χ1v) is 3.24. The molecular weight excluding hydrogens is 132 g/mol. The number of hydrogen-bond acceptors (Lipinski definition) is 2. The van der Waals surface area contributed by atoms with Crippen LogP contribution in [-0.2, 0) is 4.79 Å². The van der Waals surface area contributed by atoms with E-state index in [2.05, 4.69) is 0 Å². The number of aliphatic hydroxyl groups excluding tert-OH is 1. The summed E-state index contributed by atoms with van der Waals surface area (Å²) in [6.45, 7) is 5.66. The summed E-state index contributed by atoms with van der Waals surface area (Å²) in [5, 5.41) is 17.2. The van der Waals surface area contributed by atoms with E-state index < -0.39 is 12.1 Å². The Balaban J connectivity index is 3.80. The molecule has 1 atom stereocenters. The number of aliphatic hydroxyl groups is 1. The average Bonchev–Trinajstić information content (AvgIpc) is 1.60. The standard InChI is InChI=1S/C7H14O3/c1-7(2,3)4-5(8)6(9)10/h5,8H,4H2,1-3H3,(H,9,10)/t5-/m1/s1. The van der Waals surface area contributed by atoms with E-state index in [1.165, 1.54) is 0 Å². The molecule has 0 amide bonds. The van der Waals surface area contributed by atoms with Crippen molar-refractivity contribution < 1.29 is 15.0 Å². The van der Waals surface area contributed by atoms with E-state index in [1.54, 1.807) is 0 Å². The van der Waals surface area contributed by atoms with Gasteiger partial charge in [0.2, 0.25) is 0 Å². The Morgan fingerprint density at radius 2 is 1.90 bits per heavy atom. The van der Waals surface area contributed by atoms with Gasteiger partial charge in [-0.1, -0.05) is 20.8 Å². The van der Waals surface area contributed by atoms with Crippen molar-refractivity contribution >= 4 is 5.97 Å². The molecule has 0 saturated heterocycles. The molecule has 0 radical (unpaired) electrons. The Morgan fingerprint density at radius 3 is 2.00 bits per heavy atom. The van der Waals surface area contributed by atoms with Gasteiger partial charge in [0.15, 0.2) is 6.10 Å². The molecule has 0 aromatic heterocycles. The van der Waals surface area contributed by atoms with Gasteiger partial charge in [0, 0.05) is 0 Å². The lowest BCUT2D eigenvalue weighted by Gasteiger charge is -2.19. The van der Waals surface area contributed by atoms with E-state index in [-0.39, 0.29) is 5.41 Å². The molecule has 0 unspecified atom stereocenters. The van der Waals surface area contributed by atoms with E-state index in [1.807, 2.05) is 20.8 Å². The quantitative estimate of drug-likeness (QED) is 0.607. The molecule has 0 aliphatic heterocycles. The van der Waals surface area contributed by atoms with Crippen LogP contribution >= 0.6 is 0 Å². The fourth-order valence-corrected chi connectivity index (χ4v) is 0.667. The van der Waals surface area contributed by atoms with Crippen LogP contribution in [0.4, 0.5) is 0 Å². The van der Waals surface area contributed by atoms with Crippen LogP contribution in [0.1, 0.15) is 27.2 Å². The van der Waals surface area contributed by atoms with Gasteiger partial charge in [-0.15, -0.1) is 0 Å². The minimum atomic E-state index is -1.22. The summed E-state index contributed by atoms with van der Waals surface area (Å²) in [7, 11) is 0. The summed E-state index contributed by atoms with van der Waals surface area (Å²) in [4.78, 5) is 10.1. The number of rotatable bonds is 2. The molecular formula is C7H14O3. The van der Waals surface area contributed by atoms with E-state index in [9.17, 15) is 4.79 Å². The lowest BCUT2D eigenvalue weighted by Crippen LogP contribution is -2.25. The molecule has 0 saturated carbocycles. The highest BCUT2D eigenvalue weighted by atomic mass is 16.4. The van der Waals surface area contributed by atoms with Crippen molar-refractivity contribution in [1.29, 1.82) is 0 Å². The summed E-state index contributed by atoms with van der Waals surface area (Å²) in [6.07, 6.45) is -0.928. The van der Waals surface area contributed by atoms with Gasteiger partial charge < -0.3 is 10.2 Å². The Kier molecular flexibility index (Phi) is 2.84. The summed E-state index contributed by atoms with van der Waals surface area (Å²) < 4.78 is 0. The van der Waals surface area contributed by atoms with E-state index in [4.69, 9.17) is 10.2 Å². The maximum absolute atomic E-state index is 10.1. The van der Waals surface area contributed by atoms with Gasteiger partial charge in [-0.3, -0.25) is 0 Å². The van der Waals surface area contributed by atoms with Crippen LogP contribution in [0.3, 0.4) is 0 Å². The van der Waals surface area contributed by atoms with Gasteiger partial charge in [-0.2, -0.15) is 0 Å². The maximum atomic E-state index is 10.1. The summed E-state index contributed by atoms with van der Waals surface area (Å²) in [6, 6.07) is 0. The summed E-state index contributed by atoms with van der Waals surface area (Å²) in [5.74, 6) is -1.14. The molecule has 2 N–H and O–H groups in total. The second-order valence-corrected chi connectivity index (χ2v) is 3.62. The Labute approximate surface area is 60.7 Å². The fraction of sp³-hybridized carbons (Fsp3) is 0.857. The number of aliphatic carboxylic acids is 1. The molecule has 0 rings (SSSR count). The predicted octanol–water partition coefficient (Wildman–Crippen LogP) is 0.868. The van der Waals surface area contributed by atoms with Crippen LogP contribution in [-0.4, -0.2) is 22.3 Å². The van der Waals surface area contributed by atoms with E-state index in [0.29, 0.717) is 6.42 Å². The third-order valence-corrected chi connectivity index (χ3v) is 1.09. The molecule has 0 fully saturated rings. The van der Waals surface area contributed by atoms with E-state index >= 15 is 0 Å². The van der Waals surface area contributed by atoms with Crippen LogP contribution in [0.15, 0.2) is 0 Å². The van der Waals surface area contributed by atoms with Gasteiger partial charge in [-0.05, 0) is 11.8 Å². The third-order valence-electron chi connectivity index (χ3n) is 1.09. The minimum Gasteiger partial charge on any atom is -0.479 e. The SMILES string of the molecule is CC(C)(C)C[C@@H](O)C(=O)O. The second-order valence-electron chi connectivity index (χ2n) is 3.62. The zero-order valence-electron chi connectivity index (χ0n) is 6.59. The minimum absolute atomic E-state index is 0.127. The first kappa shape index (κ1) is 9.43. The maximum Gasteiger partial charge on any atom is 0.332 e. The number of hydrogen-bond donors (Lipinski definition) is 2. The molecule has 0 aliphatic carbocycles. The van der Waals surface area contributed by atoms with Crippen molar-refractivity contribution in [2.24, 2.45) is 5.41 Å². The van der Waals surface area contributed by atoms with Gasteiger partial charge in [0.05, 0.1) is 0 Å². The summed E-state index contributed by atoms with van der Waals surface area (Å²) >= 11 is 0. The van der Waals surface area contributed by atoms with Crippen molar-refractivity contribution in [2.45, 2.75) is 33.3 Å². The third kappa shape index (κ3) is 4.32. The topological polar surface area (TPSA) is 57.5 Å². The number of carbonyl (C=O) groups is 1. The normalized spacial score (nSPS) is 14.8. The van der Waals surface area contributed by atoms with Crippen LogP contribution < -0.4 is 0 Å². The van der Waals surface area contributed by atoms with Gasteiger partial charge in [0.25, 0.3) is 0 Å². The molecule has 3 nitrogen and oxygen atoms in total. The molecule has 0 heterocycles. The fourth-order valence-electron chi connectivity index (χ4n) is 0.667. The van der Waals surface area contributed by atoms with Crippen LogP contribution in [0, 0.1) is 5.41 Å². The molecule has 10 heavy (non-hydrogen) atoms. The van der Waals surface area contributed by atoms with Gasteiger partial charge in [0.1, 0.15) is 0 Å². The van der Waals surface area contributed by atoms with Crippen LogP contribution in [0.2, 0.25) is 0 Å². The molecule has 0 aromatic rings. The Hall–Kier alpha value is -0.570. The second kappa shape index (κ2) is 3.01. The van der Waals surface area contributed by atoms with Crippen molar-refractivity contribution in [3.05, 3.63) is 0 Å². The smallest absolute Gasteiger partial charge is 0.332 e. The van der Waals surface area contributed by atoms with E-state index in [0.717, 1.165) is 0 Å². The number of carboxylic acids is 1. The molecule has 60 valence electrons. The van der Waals surface area contributed by atoms with Crippen LogP contribution in [0.25, 0.3) is 0 Å². The average molecular weight is 146 g/mol. The monoisotopic (exact) mass is 146 g/mol. The first-order valence-electron chi connectivity index (χ1n) is 3.24. The van der Waals surface area contributed by atoms with Crippen LogP contribution in [0.5, 0.6) is 0 Å². The largest absolute Gasteiger partial charge is 0.479 e. The van der Waals surface area contributed by atoms with Gasteiger partial charge >= 0.3 is 5.97 Å². The molecule has 0 bridgehead atoms. The zero-order chi connectivity index (χ0) is 8.36. The number of carboxylic acid groups (broad SMARTS) is 1. The van der Waals surface area contributed by atoms with Crippen molar-refractivity contribution in [3.8, 4) is 0 Å². The van der Waals surface area contributed by atoms with Crippen molar-refractivity contribution in [3.63, 3.8) is 0 Å². The highest BCUT2D eigenvalue weighted by Gasteiger charge is 2.21. The first-order chi connectivity index (χ1) is 4.33. The predicted molar refractivity (Wildman–Crippen MR) is 37.7 cm³/mol. The molecule has 0 aliphatic rings. The molecule has 3 heteroatoms. The van der Waals surface area contributed by atoms with Crippen molar-refractivity contribution in [2.75, 3.05) is 0 Å². The van der Waals surface area contributed by atoms with Gasteiger partial charge in [-0.25, -0.2) is 4.79 Å². The lowest BCUT2D eigenvalue weighted by molar-refractivity contribution is -0.148. The Bertz CT molecular complexity index is 123. The molecule has 0 aromatic carbocycles.